The third-order valence-electron chi connectivity index (χ3n) is 3.45. The first kappa shape index (κ1) is 15.9. The number of methoxy groups -OCH3 is 1. The summed E-state index contributed by atoms with van der Waals surface area (Å²) in [5.41, 5.74) is 3.21. The zero-order valence-electron chi connectivity index (χ0n) is 12.8. The van der Waals surface area contributed by atoms with E-state index in [0.29, 0.717) is 6.54 Å². The van der Waals surface area contributed by atoms with Crippen LogP contribution >= 0.6 is 11.6 Å². The molecule has 0 aliphatic heterocycles. The summed E-state index contributed by atoms with van der Waals surface area (Å²) >= 11 is 6.39. The van der Waals surface area contributed by atoms with E-state index in [-0.39, 0.29) is 0 Å². The molecule has 21 heavy (non-hydrogen) atoms. The van der Waals surface area contributed by atoms with Crippen molar-refractivity contribution < 1.29 is 4.74 Å². The molecule has 0 atom stereocenters. The van der Waals surface area contributed by atoms with Crippen LogP contribution in [0, 0.1) is 0 Å². The van der Waals surface area contributed by atoms with Gasteiger partial charge in [0.1, 0.15) is 5.75 Å². The topological polar surface area (TPSA) is 39.1 Å². The summed E-state index contributed by atoms with van der Waals surface area (Å²) in [6.45, 7) is 6.45. The van der Waals surface area contributed by atoms with E-state index in [0.717, 1.165) is 41.7 Å². The van der Waals surface area contributed by atoms with Crippen LogP contribution in [0.25, 0.3) is 0 Å². The van der Waals surface area contributed by atoms with E-state index < -0.39 is 0 Å². The first-order valence-corrected chi connectivity index (χ1v) is 7.65. The Balaban J connectivity index is 2.01. The quantitative estimate of drug-likeness (QED) is 0.852. The maximum absolute atomic E-state index is 6.39. The molecule has 0 aliphatic carbocycles. The second kappa shape index (κ2) is 7.48. The predicted octanol–water partition coefficient (Wildman–Crippen LogP) is 3.42. The van der Waals surface area contributed by atoms with Crippen molar-refractivity contribution in [2.75, 3.05) is 7.11 Å². The molecule has 0 radical (unpaired) electrons. The molecule has 0 fully saturated rings. The molecule has 1 aromatic carbocycles. The third kappa shape index (κ3) is 3.77. The van der Waals surface area contributed by atoms with Gasteiger partial charge in [0.25, 0.3) is 0 Å². The average molecular weight is 308 g/mol. The largest absolute Gasteiger partial charge is 0.497 e. The maximum atomic E-state index is 6.39. The second-order valence-corrected chi connectivity index (χ2v) is 5.21. The molecule has 5 heteroatoms. The molecule has 4 nitrogen and oxygen atoms in total. The Bertz CT molecular complexity index is 595. The molecule has 2 rings (SSSR count). The summed E-state index contributed by atoms with van der Waals surface area (Å²) in [7, 11) is 1.68. The summed E-state index contributed by atoms with van der Waals surface area (Å²) in [5.74, 6) is 0.874. The Labute approximate surface area is 131 Å². The van der Waals surface area contributed by atoms with Crippen molar-refractivity contribution >= 4 is 11.6 Å². The zero-order chi connectivity index (χ0) is 15.2. The summed E-state index contributed by atoms with van der Waals surface area (Å²) in [4.78, 5) is 0. The van der Waals surface area contributed by atoms with Gasteiger partial charge in [-0.15, -0.1) is 0 Å². The smallest absolute Gasteiger partial charge is 0.119 e. The van der Waals surface area contributed by atoms with Gasteiger partial charge in [0.2, 0.25) is 0 Å². The number of nitrogens with zero attached hydrogens (tertiary/aromatic N) is 2. The van der Waals surface area contributed by atoms with Crippen molar-refractivity contribution in [3.8, 4) is 5.75 Å². The molecule has 0 aliphatic rings. The van der Waals surface area contributed by atoms with Crippen molar-refractivity contribution in [2.45, 2.75) is 39.9 Å². The molecule has 114 valence electrons. The Hall–Kier alpha value is -1.52. The lowest BCUT2D eigenvalue weighted by molar-refractivity contribution is 0.414. The van der Waals surface area contributed by atoms with Crippen LogP contribution in [0.15, 0.2) is 24.3 Å². The van der Waals surface area contributed by atoms with Gasteiger partial charge in [-0.2, -0.15) is 5.10 Å². The molecular formula is C16H22ClN3O. The predicted molar refractivity (Wildman–Crippen MR) is 85.8 cm³/mol. The summed E-state index contributed by atoms with van der Waals surface area (Å²) in [6, 6.07) is 8.04. The number of hydrogen-bond acceptors (Lipinski definition) is 3. The lowest BCUT2D eigenvalue weighted by Crippen LogP contribution is -2.16. The number of aromatic nitrogens is 2. The maximum Gasteiger partial charge on any atom is 0.119 e. The average Bonchev–Trinajstić information content (AvgIpc) is 2.83. The van der Waals surface area contributed by atoms with E-state index in [1.54, 1.807) is 7.11 Å². The van der Waals surface area contributed by atoms with Crippen LogP contribution in [-0.4, -0.2) is 16.9 Å². The molecule has 1 aromatic heterocycles. The van der Waals surface area contributed by atoms with Crippen LogP contribution in [0.1, 0.15) is 30.8 Å². The number of rotatable bonds is 7. The highest BCUT2D eigenvalue weighted by atomic mass is 35.5. The van der Waals surface area contributed by atoms with Crippen LogP contribution < -0.4 is 10.1 Å². The molecule has 0 saturated heterocycles. The summed E-state index contributed by atoms with van der Waals surface area (Å²) in [5, 5.41) is 8.74. The van der Waals surface area contributed by atoms with Crippen molar-refractivity contribution in [2.24, 2.45) is 0 Å². The molecule has 0 saturated carbocycles. The highest BCUT2D eigenvalue weighted by Gasteiger charge is 2.13. The lowest BCUT2D eigenvalue weighted by atomic mass is 10.2. The van der Waals surface area contributed by atoms with Gasteiger partial charge in [-0.05, 0) is 31.0 Å². The highest BCUT2D eigenvalue weighted by molar-refractivity contribution is 6.31. The van der Waals surface area contributed by atoms with Crippen molar-refractivity contribution in [1.29, 1.82) is 0 Å². The zero-order valence-corrected chi connectivity index (χ0v) is 13.6. The van der Waals surface area contributed by atoms with Gasteiger partial charge in [-0.25, -0.2) is 0 Å². The number of hydrogen-bond donors (Lipinski definition) is 1. The van der Waals surface area contributed by atoms with Gasteiger partial charge in [-0.3, -0.25) is 4.68 Å². The minimum Gasteiger partial charge on any atom is -0.497 e. The number of benzene rings is 1. The fourth-order valence-electron chi connectivity index (χ4n) is 2.29. The lowest BCUT2D eigenvalue weighted by Gasteiger charge is -2.08. The Kier molecular flexibility index (Phi) is 5.65. The fourth-order valence-corrected chi connectivity index (χ4v) is 2.63. The third-order valence-corrected chi connectivity index (χ3v) is 3.89. The van der Waals surface area contributed by atoms with Crippen LogP contribution in [-0.2, 0) is 26.1 Å². The first-order chi connectivity index (χ1) is 10.2. The van der Waals surface area contributed by atoms with Crippen molar-refractivity contribution in [1.82, 2.24) is 15.1 Å². The van der Waals surface area contributed by atoms with Crippen LogP contribution in [0.2, 0.25) is 5.02 Å². The Morgan fingerprint density at radius 3 is 2.76 bits per heavy atom. The highest BCUT2D eigenvalue weighted by Crippen LogP contribution is 2.21. The van der Waals surface area contributed by atoms with Crippen molar-refractivity contribution in [3.05, 3.63) is 46.2 Å². The van der Waals surface area contributed by atoms with Crippen LogP contribution in [0.4, 0.5) is 0 Å². The first-order valence-electron chi connectivity index (χ1n) is 7.27. The normalized spacial score (nSPS) is 10.9. The van der Waals surface area contributed by atoms with E-state index in [1.807, 2.05) is 22.9 Å². The molecule has 0 bridgehead atoms. The molecule has 1 N–H and O–H groups in total. The van der Waals surface area contributed by atoms with Crippen molar-refractivity contribution in [3.63, 3.8) is 0 Å². The summed E-state index contributed by atoms with van der Waals surface area (Å²) < 4.78 is 7.20. The SMILES string of the molecule is CCc1nn(CC)c(CNCc2cccc(OC)c2)c1Cl. The molecule has 0 spiro atoms. The molecule has 2 aromatic rings. The minimum absolute atomic E-state index is 0.705. The fraction of sp³-hybridized carbons (Fsp3) is 0.438. The molecule has 1 heterocycles. The Morgan fingerprint density at radius 1 is 1.29 bits per heavy atom. The number of nitrogens with one attached hydrogen (secondary N) is 1. The van der Waals surface area contributed by atoms with E-state index in [2.05, 4.69) is 30.3 Å². The van der Waals surface area contributed by atoms with E-state index >= 15 is 0 Å². The molecular weight excluding hydrogens is 286 g/mol. The number of halogens is 1. The van der Waals surface area contributed by atoms with Gasteiger partial charge in [0.15, 0.2) is 0 Å². The van der Waals surface area contributed by atoms with Gasteiger partial charge < -0.3 is 10.1 Å². The minimum atomic E-state index is 0.705. The van der Waals surface area contributed by atoms with E-state index in [4.69, 9.17) is 16.3 Å². The van der Waals surface area contributed by atoms with Crippen LogP contribution in [0.3, 0.4) is 0 Å². The standard InChI is InChI=1S/C16H22ClN3O/c1-4-14-16(17)15(20(5-2)19-14)11-18-10-12-7-6-8-13(9-12)21-3/h6-9,18H,4-5,10-11H2,1-3H3. The molecule has 0 unspecified atom stereocenters. The van der Waals surface area contributed by atoms with Gasteiger partial charge in [0.05, 0.1) is 23.5 Å². The van der Waals surface area contributed by atoms with Gasteiger partial charge in [-0.1, -0.05) is 30.7 Å². The second-order valence-electron chi connectivity index (χ2n) is 4.83. The van der Waals surface area contributed by atoms with Crippen LogP contribution in [0.5, 0.6) is 5.75 Å². The molecule has 0 amide bonds. The van der Waals surface area contributed by atoms with Gasteiger partial charge >= 0.3 is 0 Å². The van der Waals surface area contributed by atoms with Gasteiger partial charge in [0, 0.05) is 19.6 Å². The number of ether oxygens (including phenoxy) is 1. The summed E-state index contributed by atoms with van der Waals surface area (Å²) in [6.07, 6.45) is 0.856. The van der Waals surface area contributed by atoms with E-state index in [9.17, 15) is 0 Å². The monoisotopic (exact) mass is 307 g/mol. The van der Waals surface area contributed by atoms with E-state index in [1.165, 1.54) is 5.56 Å². The number of aryl methyl sites for hydroxylation is 2. The Morgan fingerprint density at radius 2 is 2.10 bits per heavy atom.